The van der Waals surface area contributed by atoms with Crippen molar-refractivity contribution in [2.75, 3.05) is 0 Å². The van der Waals surface area contributed by atoms with Crippen LogP contribution in [0.2, 0.25) is 5.02 Å². The average Bonchev–Trinajstić information content (AvgIpc) is 3.10. The van der Waals surface area contributed by atoms with Crippen molar-refractivity contribution in [1.29, 1.82) is 0 Å². The predicted octanol–water partition coefficient (Wildman–Crippen LogP) is 6.80. The number of halogens is 1. The van der Waals surface area contributed by atoms with E-state index in [2.05, 4.69) is 4.98 Å². The van der Waals surface area contributed by atoms with Gasteiger partial charge in [-0.3, -0.25) is 0 Å². The number of rotatable bonds is 3. The van der Waals surface area contributed by atoms with Crippen LogP contribution in [0.15, 0.2) is 77.2 Å². The number of hydrogen-bond donors (Lipinski definition) is 0. The van der Waals surface area contributed by atoms with Gasteiger partial charge < -0.3 is 9.15 Å². The van der Waals surface area contributed by atoms with Crippen molar-refractivity contribution >= 4 is 33.7 Å². The highest BCUT2D eigenvalue weighted by molar-refractivity contribution is 6.32. The van der Waals surface area contributed by atoms with Crippen LogP contribution in [0.4, 0.5) is 0 Å². The number of aromatic nitrogens is 2. The van der Waals surface area contributed by atoms with E-state index in [1.54, 1.807) is 6.07 Å². The molecule has 0 saturated heterocycles. The third-order valence-corrected chi connectivity index (χ3v) is 4.83. The molecule has 0 aliphatic carbocycles. The van der Waals surface area contributed by atoms with Crippen LogP contribution < -0.4 is 4.74 Å². The van der Waals surface area contributed by atoms with E-state index >= 15 is 0 Å². The number of benzene rings is 3. The number of hydrogen-bond acceptors (Lipinski definition) is 4. The number of para-hydroxylation sites is 1. The van der Waals surface area contributed by atoms with Gasteiger partial charge in [-0.05, 0) is 36.8 Å². The molecule has 5 heteroatoms. The van der Waals surface area contributed by atoms with E-state index in [9.17, 15) is 0 Å². The summed E-state index contributed by atoms with van der Waals surface area (Å²) in [5.41, 5.74) is 3.88. The number of fused-ring (bicyclic) bond motifs is 3. The Morgan fingerprint density at radius 1 is 0.893 bits per heavy atom. The smallest absolute Gasteiger partial charge is 0.267 e. The lowest BCUT2D eigenvalue weighted by atomic mass is 10.2. The van der Waals surface area contributed by atoms with Gasteiger partial charge in [-0.25, -0.2) is 4.98 Å². The van der Waals surface area contributed by atoms with Gasteiger partial charge >= 0.3 is 0 Å². The summed E-state index contributed by atoms with van der Waals surface area (Å²) in [4.78, 5) is 9.40. The standard InChI is InChI=1S/C23H15ClN2O2/c1-14-11-12-17(24)19(13-14)28-23-21-20(16-9-5-6-10-18(16)27-21)25-22(26-23)15-7-3-2-4-8-15/h2-13H,1H3. The number of nitrogens with zero attached hydrogens (tertiary/aromatic N) is 2. The van der Waals surface area contributed by atoms with Crippen LogP contribution in [-0.2, 0) is 0 Å². The molecule has 5 aromatic rings. The lowest BCUT2D eigenvalue weighted by Crippen LogP contribution is -1.95. The summed E-state index contributed by atoms with van der Waals surface area (Å²) >= 11 is 6.33. The summed E-state index contributed by atoms with van der Waals surface area (Å²) in [5.74, 6) is 1.44. The second-order valence-corrected chi connectivity index (χ2v) is 6.94. The second-order valence-electron chi connectivity index (χ2n) is 6.53. The number of aryl methyl sites for hydroxylation is 1. The molecule has 0 N–H and O–H groups in total. The van der Waals surface area contributed by atoms with Crippen LogP contribution in [0.1, 0.15) is 5.56 Å². The van der Waals surface area contributed by atoms with Gasteiger partial charge in [-0.15, -0.1) is 0 Å². The van der Waals surface area contributed by atoms with Gasteiger partial charge in [0.2, 0.25) is 5.58 Å². The molecule has 0 aliphatic heterocycles. The fraction of sp³-hybridized carbons (Fsp3) is 0.0435. The fourth-order valence-electron chi connectivity index (χ4n) is 3.14. The topological polar surface area (TPSA) is 48.2 Å². The largest absolute Gasteiger partial charge is 0.449 e. The van der Waals surface area contributed by atoms with Crippen molar-refractivity contribution in [3.05, 3.63) is 83.4 Å². The first-order valence-corrected chi connectivity index (χ1v) is 9.25. The zero-order valence-electron chi connectivity index (χ0n) is 15.0. The molecule has 136 valence electrons. The van der Waals surface area contributed by atoms with Crippen LogP contribution in [-0.4, -0.2) is 9.97 Å². The highest BCUT2D eigenvalue weighted by atomic mass is 35.5. The molecule has 0 fully saturated rings. The Bertz CT molecular complexity index is 1310. The molecule has 0 spiro atoms. The molecule has 3 aromatic carbocycles. The molecule has 0 saturated carbocycles. The Hall–Kier alpha value is -3.37. The molecule has 0 atom stereocenters. The van der Waals surface area contributed by atoms with Gasteiger partial charge in [0, 0.05) is 10.9 Å². The average molecular weight is 387 g/mol. The van der Waals surface area contributed by atoms with Crippen molar-refractivity contribution in [3.8, 4) is 23.0 Å². The summed E-state index contributed by atoms with van der Waals surface area (Å²) < 4.78 is 12.1. The van der Waals surface area contributed by atoms with Crippen molar-refractivity contribution in [2.45, 2.75) is 6.92 Å². The van der Waals surface area contributed by atoms with Crippen LogP contribution in [0.5, 0.6) is 11.6 Å². The lowest BCUT2D eigenvalue weighted by molar-refractivity contribution is 0.457. The molecule has 0 amide bonds. The maximum atomic E-state index is 6.33. The van der Waals surface area contributed by atoms with Crippen molar-refractivity contribution < 1.29 is 9.15 Å². The SMILES string of the molecule is Cc1ccc(Cl)c(Oc2nc(-c3ccccc3)nc3c2oc2ccccc23)c1. The first-order valence-electron chi connectivity index (χ1n) is 8.88. The molecule has 0 radical (unpaired) electrons. The van der Waals surface area contributed by atoms with Crippen LogP contribution >= 0.6 is 11.6 Å². The van der Waals surface area contributed by atoms with E-state index in [1.807, 2.05) is 73.7 Å². The molecule has 2 heterocycles. The molecule has 0 bridgehead atoms. The monoisotopic (exact) mass is 386 g/mol. The molecule has 0 unspecified atom stereocenters. The fourth-order valence-corrected chi connectivity index (χ4v) is 3.30. The quantitative estimate of drug-likeness (QED) is 0.342. The Balaban J connectivity index is 1.77. The zero-order valence-corrected chi connectivity index (χ0v) is 15.8. The maximum Gasteiger partial charge on any atom is 0.267 e. The van der Waals surface area contributed by atoms with Crippen LogP contribution in [0, 0.1) is 6.92 Å². The minimum atomic E-state index is 0.340. The van der Waals surface area contributed by atoms with Crippen molar-refractivity contribution in [2.24, 2.45) is 0 Å². The third kappa shape index (κ3) is 2.88. The normalized spacial score (nSPS) is 11.2. The highest BCUT2D eigenvalue weighted by Crippen LogP contribution is 2.38. The number of ether oxygens (including phenoxy) is 1. The Kier molecular flexibility index (Phi) is 3.99. The van der Waals surface area contributed by atoms with E-state index in [1.165, 1.54) is 0 Å². The van der Waals surface area contributed by atoms with Gasteiger partial charge in [0.05, 0.1) is 5.02 Å². The van der Waals surface area contributed by atoms with E-state index in [0.29, 0.717) is 33.6 Å². The van der Waals surface area contributed by atoms with Crippen molar-refractivity contribution in [3.63, 3.8) is 0 Å². The molecule has 2 aromatic heterocycles. The summed E-state index contributed by atoms with van der Waals surface area (Å²) in [5, 5.41) is 1.42. The molecular weight excluding hydrogens is 372 g/mol. The van der Waals surface area contributed by atoms with Gasteiger partial charge in [-0.1, -0.05) is 60.1 Å². The summed E-state index contributed by atoms with van der Waals surface area (Å²) in [7, 11) is 0. The molecule has 0 aliphatic rings. The number of furan rings is 1. The lowest BCUT2D eigenvalue weighted by Gasteiger charge is -2.09. The van der Waals surface area contributed by atoms with E-state index in [0.717, 1.165) is 22.1 Å². The van der Waals surface area contributed by atoms with Crippen LogP contribution in [0.3, 0.4) is 0 Å². The summed E-state index contributed by atoms with van der Waals surface area (Å²) in [6.45, 7) is 1.98. The maximum absolute atomic E-state index is 6.33. The third-order valence-electron chi connectivity index (χ3n) is 4.51. The Labute approximate surface area is 166 Å². The van der Waals surface area contributed by atoms with Gasteiger partial charge in [0.25, 0.3) is 5.88 Å². The van der Waals surface area contributed by atoms with Gasteiger partial charge in [0.1, 0.15) is 16.8 Å². The van der Waals surface area contributed by atoms with E-state index in [-0.39, 0.29) is 0 Å². The minimum Gasteiger partial charge on any atom is -0.449 e. The van der Waals surface area contributed by atoms with Gasteiger partial charge in [0.15, 0.2) is 5.82 Å². The van der Waals surface area contributed by atoms with E-state index < -0.39 is 0 Å². The zero-order chi connectivity index (χ0) is 19.1. The van der Waals surface area contributed by atoms with Gasteiger partial charge in [-0.2, -0.15) is 4.98 Å². The summed E-state index contributed by atoms with van der Waals surface area (Å²) in [6.07, 6.45) is 0. The first kappa shape index (κ1) is 16.8. The Morgan fingerprint density at radius 3 is 2.54 bits per heavy atom. The minimum absolute atomic E-state index is 0.340. The predicted molar refractivity (Wildman–Crippen MR) is 111 cm³/mol. The molecule has 4 nitrogen and oxygen atoms in total. The van der Waals surface area contributed by atoms with Crippen molar-refractivity contribution in [1.82, 2.24) is 9.97 Å². The van der Waals surface area contributed by atoms with E-state index in [4.69, 9.17) is 25.7 Å². The molecule has 28 heavy (non-hydrogen) atoms. The molecule has 5 rings (SSSR count). The Morgan fingerprint density at radius 2 is 1.68 bits per heavy atom. The highest BCUT2D eigenvalue weighted by Gasteiger charge is 2.19. The molecular formula is C23H15ClN2O2. The first-order chi connectivity index (χ1) is 13.7. The summed E-state index contributed by atoms with van der Waals surface area (Å²) in [6, 6.07) is 23.2. The van der Waals surface area contributed by atoms with Crippen LogP contribution in [0.25, 0.3) is 33.5 Å². The second kappa shape index (κ2) is 6.66.